The van der Waals surface area contributed by atoms with Gasteiger partial charge in [-0.2, -0.15) is 0 Å². The molecule has 0 aliphatic rings. The number of aromatic nitrogens is 1. The van der Waals surface area contributed by atoms with Crippen molar-refractivity contribution in [2.75, 3.05) is 0 Å². The number of hydrogen-bond acceptors (Lipinski definition) is 4. The van der Waals surface area contributed by atoms with Gasteiger partial charge in [-0.1, -0.05) is 11.6 Å². The van der Waals surface area contributed by atoms with Crippen LogP contribution in [0.25, 0.3) is 10.9 Å². The summed E-state index contributed by atoms with van der Waals surface area (Å²) in [5.74, 6) is -0.0558. The first-order valence-corrected chi connectivity index (χ1v) is 4.40. The molecular formula is C9H5ClN2O3. The Hall–Kier alpha value is -1.88. The van der Waals surface area contributed by atoms with Gasteiger partial charge in [-0.25, -0.2) is 4.98 Å². The fourth-order valence-corrected chi connectivity index (χ4v) is 1.46. The van der Waals surface area contributed by atoms with Crippen LogP contribution in [0.2, 0.25) is 5.15 Å². The van der Waals surface area contributed by atoms with Crippen LogP contribution >= 0.6 is 11.6 Å². The number of nitro benzene ring substituents is 1. The van der Waals surface area contributed by atoms with Crippen LogP contribution in [0.3, 0.4) is 0 Å². The van der Waals surface area contributed by atoms with E-state index in [1.54, 1.807) is 0 Å². The summed E-state index contributed by atoms with van der Waals surface area (Å²) in [5, 5.41) is 20.6. The first-order chi connectivity index (χ1) is 7.09. The number of hydrogen-bond donors (Lipinski definition) is 1. The van der Waals surface area contributed by atoms with Crippen LogP contribution in [0, 0.1) is 10.1 Å². The molecule has 1 aromatic heterocycles. The Bertz CT molecular complexity index is 556. The van der Waals surface area contributed by atoms with Crippen LogP contribution in [-0.2, 0) is 0 Å². The molecule has 0 radical (unpaired) electrons. The Morgan fingerprint density at radius 1 is 1.33 bits per heavy atom. The second kappa shape index (κ2) is 3.36. The van der Waals surface area contributed by atoms with E-state index in [9.17, 15) is 15.2 Å². The summed E-state index contributed by atoms with van der Waals surface area (Å²) in [5.41, 5.74) is -0.0854. The van der Waals surface area contributed by atoms with Crippen molar-refractivity contribution in [1.29, 1.82) is 0 Å². The molecule has 0 saturated carbocycles. The zero-order valence-corrected chi connectivity index (χ0v) is 8.10. The average Bonchev–Trinajstić information content (AvgIpc) is 2.17. The molecule has 2 rings (SSSR count). The number of non-ortho nitro benzene ring substituents is 1. The van der Waals surface area contributed by atoms with Gasteiger partial charge in [0.15, 0.2) is 5.52 Å². The minimum absolute atomic E-state index is 0.0558. The molecule has 1 heterocycles. The molecule has 15 heavy (non-hydrogen) atoms. The molecule has 0 atom stereocenters. The van der Waals surface area contributed by atoms with Crippen LogP contribution in [0.1, 0.15) is 0 Å². The van der Waals surface area contributed by atoms with Crippen molar-refractivity contribution in [3.63, 3.8) is 0 Å². The van der Waals surface area contributed by atoms with E-state index in [1.807, 2.05) is 0 Å². The Morgan fingerprint density at radius 3 is 2.73 bits per heavy atom. The summed E-state index contributed by atoms with van der Waals surface area (Å²) in [7, 11) is 0. The molecular weight excluding hydrogens is 220 g/mol. The number of nitrogens with zero attached hydrogens (tertiary/aromatic N) is 2. The number of phenols is 1. The highest BCUT2D eigenvalue weighted by atomic mass is 35.5. The minimum atomic E-state index is -0.564. The van der Waals surface area contributed by atoms with E-state index < -0.39 is 4.92 Å². The molecule has 0 bridgehead atoms. The summed E-state index contributed by atoms with van der Waals surface area (Å²) in [4.78, 5) is 13.9. The number of benzene rings is 1. The van der Waals surface area contributed by atoms with Crippen molar-refractivity contribution in [2.24, 2.45) is 0 Å². The molecule has 2 aromatic rings. The van der Waals surface area contributed by atoms with E-state index >= 15 is 0 Å². The van der Waals surface area contributed by atoms with E-state index in [0.717, 1.165) is 0 Å². The number of halogens is 1. The molecule has 76 valence electrons. The number of pyridine rings is 1. The Labute approximate surface area is 89.1 Å². The summed E-state index contributed by atoms with van der Waals surface area (Å²) in [6.07, 6.45) is 0. The van der Waals surface area contributed by atoms with Gasteiger partial charge in [0.2, 0.25) is 0 Å². The van der Waals surface area contributed by atoms with Crippen molar-refractivity contribution in [1.82, 2.24) is 4.98 Å². The Morgan fingerprint density at radius 2 is 2.07 bits per heavy atom. The number of rotatable bonds is 1. The fourth-order valence-electron chi connectivity index (χ4n) is 1.31. The van der Waals surface area contributed by atoms with E-state index in [-0.39, 0.29) is 22.1 Å². The highest BCUT2D eigenvalue weighted by molar-refractivity contribution is 6.29. The average molecular weight is 225 g/mol. The molecule has 1 N–H and O–H groups in total. The standard InChI is InChI=1S/C9H5ClN2O3/c10-8-4-1-5-7(13)3-2-6(12(14)15)9(5)11-8/h1-4,13H. The highest BCUT2D eigenvalue weighted by Gasteiger charge is 2.15. The lowest BCUT2D eigenvalue weighted by Gasteiger charge is -2.01. The molecule has 0 unspecified atom stereocenters. The Kier molecular flexibility index (Phi) is 2.17. The molecule has 6 heteroatoms. The van der Waals surface area contributed by atoms with Gasteiger partial charge in [0, 0.05) is 11.5 Å². The minimum Gasteiger partial charge on any atom is -0.507 e. The number of aromatic hydroxyl groups is 1. The van der Waals surface area contributed by atoms with Crippen molar-refractivity contribution in [3.8, 4) is 5.75 Å². The van der Waals surface area contributed by atoms with Crippen LogP contribution < -0.4 is 0 Å². The van der Waals surface area contributed by atoms with Crippen LogP contribution in [0.4, 0.5) is 5.69 Å². The molecule has 0 amide bonds. The maximum Gasteiger partial charge on any atom is 0.295 e. The first kappa shape index (κ1) is 9.67. The zero-order chi connectivity index (χ0) is 11.0. The van der Waals surface area contributed by atoms with Gasteiger partial charge in [0.1, 0.15) is 10.9 Å². The smallest absolute Gasteiger partial charge is 0.295 e. The first-order valence-electron chi connectivity index (χ1n) is 4.02. The molecule has 0 saturated heterocycles. The molecule has 1 aromatic carbocycles. The van der Waals surface area contributed by atoms with E-state index in [1.165, 1.54) is 24.3 Å². The van der Waals surface area contributed by atoms with Gasteiger partial charge in [-0.3, -0.25) is 10.1 Å². The van der Waals surface area contributed by atoms with Gasteiger partial charge in [0.25, 0.3) is 5.69 Å². The summed E-state index contributed by atoms with van der Waals surface area (Å²) in [6, 6.07) is 5.41. The normalized spacial score (nSPS) is 10.5. The Balaban J connectivity index is 2.90. The SMILES string of the molecule is O=[N+]([O-])c1ccc(O)c2ccc(Cl)nc12. The number of phenolic OH excluding ortho intramolecular Hbond substituents is 1. The lowest BCUT2D eigenvalue weighted by atomic mass is 10.2. The van der Waals surface area contributed by atoms with Crippen molar-refractivity contribution >= 4 is 28.2 Å². The van der Waals surface area contributed by atoms with Gasteiger partial charge in [-0.15, -0.1) is 0 Å². The summed E-state index contributed by atoms with van der Waals surface area (Å²) < 4.78 is 0. The maximum atomic E-state index is 10.7. The third-order valence-corrected chi connectivity index (χ3v) is 2.19. The number of nitro groups is 1. The van der Waals surface area contributed by atoms with Gasteiger partial charge in [0.05, 0.1) is 4.92 Å². The third kappa shape index (κ3) is 1.57. The van der Waals surface area contributed by atoms with Crippen molar-refractivity contribution in [3.05, 3.63) is 39.5 Å². The van der Waals surface area contributed by atoms with Gasteiger partial charge in [-0.05, 0) is 18.2 Å². The third-order valence-electron chi connectivity index (χ3n) is 1.98. The predicted octanol–water partition coefficient (Wildman–Crippen LogP) is 2.50. The van der Waals surface area contributed by atoms with Crippen molar-refractivity contribution in [2.45, 2.75) is 0 Å². The maximum absolute atomic E-state index is 10.7. The van der Waals surface area contributed by atoms with Crippen LogP contribution in [0.15, 0.2) is 24.3 Å². The van der Waals surface area contributed by atoms with Crippen LogP contribution in [-0.4, -0.2) is 15.0 Å². The van der Waals surface area contributed by atoms with E-state index in [4.69, 9.17) is 11.6 Å². The lowest BCUT2D eigenvalue weighted by Crippen LogP contribution is -1.91. The van der Waals surface area contributed by atoms with E-state index in [0.29, 0.717) is 5.39 Å². The van der Waals surface area contributed by atoms with E-state index in [2.05, 4.69) is 4.98 Å². The zero-order valence-electron chi connectivity index (χ0n) is 7.35. The quantitative estimate of drug-likeness (QED) is 0.459. The molecule has 0 aliphatic carbocycles. The molecule has 0 fully saturated rings. The molecule has 5 nitrogen and oxygen atoms in total. The molecule has 0 spiro atoms. The highest BCUT2D eigenvalue weighted by Crippen LogP contribution is 2.31. The lowest BCUT2D eigenvalue weighted by molar-refractivity contribution is -0.383. The fraction of sp³-hybridized carbons (Fsp3) is 0. The second-order valence-corrected chi connectivity index (χ2v) is 3.28. The topological polar surface area (TPSA) is 76.3 Å². The monoisotopic (exact) mass is 224 g/mol. The van der Waals surface area contributed by atoms with Crippen LogP contribution in [0.5, 0.6) is 5.75 Å². The molecule has 0 aliphatic heterocycles. The summed E-state index contributed by atoms with van der Waals surface area (Å²) >= 11 is 5.63. The predicted molar refractivity (Wildman–Crippen MR) is 55.1 cm³/mol. The summed E-state index contributed by atoms with van der Waals surface area (Å²) in [6.45, 7) is 0. The number of fused-ring (bicyclic) bond motifs is 1. The second-order valence-electron chi connectivity index (χ2n) is 2.89. The van der Waals surface area contributed by atoms with Gasteiger partial charge < -0.3 is 5.11 Å². The van der Waals surface area contributed by atoms with Gasteiger partial charge >= 0.3 is 0 Å². The largest absolute Gasteiger partial charge is 0.507 e. The van der Waals surface area contributed by atoms with Crippen molar-refractivity contribution < 1.29 is 10.0 Å².